The van der Waals surface area contributed by atoms with Crippen molar-refractivity contribution >= 4 is 12.2 Å². The van der Waals surface area contributed by atoms with Gasteiger partial charge < -0.3 is 9.64 Å². The summed E-state index contributed by atoms with van der Waals surface area (Å²) in [4.78, 5) is 5.64. The second-order valence-corrected chi connectivity index (χ2v) is 6.82. The minimum absolute atomic E-state index is 0.738. The van der Waals surface area contributed by atoms with Crippen molar-refractivity contribution in [2.24, 2.45) is 0 Å². The first-order chi connectivity index (χ1) is 12.7. The lowest BCUT2D eigenvalue weighted by Gasteiger charge is -2.17. The number of rotatable bonds is 12. The second kappa shape index (κ2) is 11.2. The first-order valence-electron chi connectivity index (χ1n) is 9.70. The number of quaternary nitrogens is 1. The van der Waals surface area contributed by atoms with Gasteiger partial charge in [-0.3, -0.25) is 9.55 Å². The monoisotopic (exact) mass is 378 g/mol. The summed E-state index contributed by atoms with van der Waals surface area (Å²) in [5.74, 6) is 0.918. The SMILES string of the molecule is CCC[NH+](CCC)Cn1nc(-c2ccncc2)n(CCCOCC)c1=S. The largest absolute Gasteiger partial charge is 0.382 e. The number of hydrogen-bond acceptors (Lipinski definition) is 4. The first kappa shape index (κ1) is 20.7. The highest BCUT2D eigenvalue weighted by Crippen LogP contribution is 2.17. The van der Waals surface area contributed by atoms with E-state index in [1.807, 2.05) is 23.7 Å². The Kier molecular flexibility index (Phi) is 8.94. The molecule has 2 aromatic rings. The fourth-order valence-corrected chi connectivity index (χ4v) is 3.41. The zero-order valence-corrected chi connectivity index (χ0v) is 17.1. The minimum Gasteiger partial charge on any atom is -0.382 e. The molecular weight excluding hydrogens is 346 g/mol. The van der Waals surface area contributed by atoms with Crippen molar-refractivity contribution in [1.82, 2.24) is 19.3 Å². The van der Waals surface area contributed by atoms with Crippen LogP contribution in [0.25, 0.3) is 11.4 Å². The zero-order valence-electron chi connectivity index (χ0n) is 16.3. The number of nitrogens with zero attached hydrogens (tertiary/aromatic N) is 4. The molecule has 26 heavy (non-hydrogen) atoms. The molecule has 0 saturated heterocycles. The fraction of sp³-hybridized carbons (Fsp3) is 0.632. The molecular formula is C19H32N5OS+. The Morgan fingerprint density at radius 3 is 2.42 bits per heavy atom. The van der Waals surface area contributed by atoms with Gasteiger partial charge in [0.05, 0.1) is 13.1 Å². The lowest BCUT2D eigenvalue weighted by Crippen LogP contribution is -3.11. The van der Waals surface area contributed by atoms with Crippen LogP contribution in [-0.4, -0.2) is 45.6 Å². The molecule has 2 heterocycles. The molecule has 0 amide bonds. The van der Waals surface area contributed by atoms with Gasteiger partial charge in [0, 0.05) is 37.7 Å². The molecule has 0 aliphatic rings. The average Bonchev–Trinajstić information content (AvgIpc) is 2.96. The van der Waals surface area contributed by atoms with E-state index in [1.54, 1.807) is 12.4 Å². The molecule has 2 rings (SSSR count). The van der Waals surface area contributed by atoms with Gasteiger partial charge in [0.1, 0.15) is 0 Å². The van der Waals surface area contributed by atoms with Crippen molar-refractivity contribution in [2.75, 3.05) is 26.3 Å². The summed E-state index contributed by atoms with van der Waals surface area (Å²) in [6.07, 6.45) is 6.84. The molecule has 0 radical (unpaired) electrons. The standard InChI is InChI=1S/C19H31N5OS/c1-4-12-22(13-5-2)16-24-19(26)23(14-7-15-25-6-3)18(21-24)17-8-10-20-11-9-17/h8-11H,4-7,12-16H2,1-3H3/p+1. The molecule has 0 unspecified atom stereocenters. The van der Waals surface area contributed by atoms with Crippen LogP contribution in [0.2, 0.25) is 0 Å². The average molecular weight is 379 g/mol. The van der Waals surface area contributed by atoms with Gasteiger partial charge in [-0.05, 0) is 50.5 Å². The third kappa shape index (κ3) is 5.72. The van der Waals surface area contributed by atoms with Crippen LogP contribution in [0.3, 0.4) is 0 Å². The van der Waals surface area contributed by atoms with Crippen molar-refractivity contribution in [3.63, 3.8) is 0 Å². The molecule has 0 aromatic carbocycles. The molecule has 0 aliphatic carbocycles. The smallest absolute Gasteiger partial charge is 0.203 e. The highest BCUT2D eigenvalue weighted by Gasteiger charge is 2.16. The van der Waals surface area contributed by atoms with Crippen LogP contribution < -0.4 is 4.90 Å². The van der Waals surface area contributed by atoms with Crippen molar-refractivity contribution in [1.29, 1.82) is 0 Å². The van der Waals surface area contributed by atoms with Crippen molar-refractivity contribution in [3.05, 3.63) is 29.3 Å². The van der Waals surface area contributed by atoms with Crippen LogP contribution in [0.1, 0.15) is 40.0 Å². The zero-order chi connectivity index (χ0) is 18.8. The van der Waals surface area contributed by atoms with Gasteiger partial charge >= 0.3 is 0 Å². The Balaban J connectivity index is 2.28. The highest BCUT2D eigenvalue weighted by molar-refractivity contribution is 7.71. The molecule has 2 aromatic heterocycles. The number of ether oxygens (including phenoxy) is 1. The number of aromatic nitrogens is 4. The van der Waals surface area contributed by atoms with Crippen LogP contribution in [0.5, 0.6) is 0 Å². The second-order valence-electron chi connectivity index (χ2n) is 6.45. The van der Waals surface area contributed by atoms with E-state index in [2.05, 4.69) is 23.4 Å². The third-order valence-electron chi connectivity index (χ3n) is 4.32. The molecule has 0 saturated carbocycles. The molecule has 144 valence electrons. The van der Waals surface area contributed by atoms with Gasteiger partial charge in [-0.1, -0.05) is 13.8 Å². The van der Waals surface area contributed by atoms with Crippen molar-refractivity contribution < 1.29 is 9.64 Å². The molecule has 1 N–H and O–H groups in total. The maximum atomic E-state index is 5.77. The third-order valence-corrected chi connectivity index (χ3v) is 4.75. The van der Waals surface area contributed by atoms with E-state index >= 15 is 0 Å². The summed E-state index contributed by atoms with van der Waals surface area (Å²) >= 11 is 5.77. The summed E-state index contributed by atoms with van der Waals surface area (Å²) < 4.78 is 10.4. The van der Waals surface area contributed by atoms with Crippen LogP contribution in [0.15, 0.2) is 24.5 Å². The van der Waals surface area contributed by atoms with Crippen LogP contribution in [-0.2, 0) is 18.0 Å². The Morgan fingerprint density at radius 1 is 1.12 bits per heavy atom. The molecule has 0 atom stereocenters. The molecule has 0 spiro atoms. The van der Waals surface area contributed by atoms with E-state index in [1.165, 1.54) is 4.90 Å². The molecule has 0 aliphatic heterocycles. The predicted molar refractivity (Wildman–Crippen MR) is 107 cm³/mol. The van der Waals surface area contributed by atoms with Gasteiger partial charge in [-0.2, -0.15) is 4.68 Å². The summed E-state index contributed by atoms with van der Waals surface area (Å²) in [5.41, 5.74) is 1.05. The number of hydrogen-bond donors (Lipinski definition) is 1. The molecule has 7 heteroatoms. The molecule has 0 fully saturated rings. The van der Waals surface area contributed by atoms with Gasteiger partial charge in [0.15, 0.2) is 12.5 Å². The van der Waals surface area contributed by atoms with E-state index in [0.29, 0.717) is 0 Å². The fourth-order valence-electron chi connectivity index (χ4n) is 3.13. The molecule has 6 nitrogen and oxygen atoms in total. The van der Waals surface area contributed by atoms with E-state index in [4.69, 9.17) is 22.1 Å². The Labute approximate surface area is 161 Å². The Morgan fingerprint density at radius 2 is 1.81 bits per heavy atom. The summed E-state index contributed by atoms with van der Waals surface area (Å²) in [7, 11) is 0. The highest BCUT2D eigenvalue weighted by atomic mass is 32.1. The van der Waals surface area contributed by atoms with Gasteiger partial charge in [0.25, 0.3) is 0 Å². The van der Waals surface area contributed by atoms with E-state index in [-0.39, 0.29) is 0 Å². The maximum Gasteiger partial charge on any atom is 0.203 e. The maximum absolute atomic E-state index is 5.77. The number of pyridine rings is 1. The van der Waals surface area contributed by atoms with Crippen LogP contribution >= 0.6 is 12.2 Å². The minimum atomic E-state index is 0.738. The Hall–Kier alpha value is -1.57. The normalized spacial score (nSPS) is 11.4. The lowest BCUT2D eigenvalue weighted by molar-refractivity contribution is -0.923. The summed E-state index contributed by atoms with van der Waals surface area (Å²) in [5, 5.41) is 4.87. The van der Waals surface area contributed by atoms with E-state index in [0.717, 1.165) is 74.9 Å². The predicted octanol–water partition coefficient (Wildman–Crippen LogP) is 2.57. The van der Waals surface area contributed by atoms with Crippen molar-refractivity contribution in [2.45, 2.75) is 53.2 Å². The lowest BCUT2D eigenvalue weighted by atomic mass is 10.2. The number of nitrogens with one attached hydrogen (secondary N) is 1. The van der Waals surface area contributed by atoms with Gasteiger partial charge in [-0.25, -0.2) is 0 Å². The van der Waals surface area contributed by atoms with E-state index < -0.39 is 0 Å². The molecule has 0 bridgehead atoms. The summed E-state index contributed by atoms with van der Waals surface area (Å²) in [6.45, 7) is 11.9. The topological polar surface area (TPSA) is 49.3 Å². The van der Waals surface area contributed by atoms with E-state index in [9.17, 15) is 0 Å². The quantitative estimate of drug-likeness (QED) is 0.456. The first-order valence-corrected chi connectivity index (χ1v) is 10.1. The van der Waals surface area contributed by atoms with Crippen molar-refractivity contribution in [3.8, 4) is 11.4 Å². The summed E-state index contributed by atoms with van der Waals surface area (Å²) in [6, 6.07) is 3.98. The van der Waals surface area contributed by atoms with Gasteiger partial charge in [-0.15, -0.1) is 5.10 Å². The Bertz CT molecular complexity index is 692. The van der Waals surface area contributed by atoms with Crippen LogP contribution in [0.4, 0.5) is 0 Å². The van der Waals surface area contributed by atoms with Crippen LogP contribution in [0, 0.1) is 4.77 Å². The van der Waals surface area contributed by atoms with Gasteiger partial charge in [0.2, 0.25) is 4.77 Å².